The zero-order valence-corrected chi connectivity index (χ0v) is 17.5. The number of nitrogens with one attached hydrogen (secondary N) is 1. The molecule has 1 saturated heterocycles. The Balaban J connectivity index is 1.36. The lowest BCUT2D eigenvalue weighted by Crippen LogP contribution is -2.49. The number of halogens is 1. The number of nitrogens with zero attached hydrogens (tertiary/aromatic N) is 6. The zero-order chi connectivity index (χ0) is 21.8. The third kappa shape index (κ3) is 4.80. The molecule has 10 heteroatoms. The molecular weight excluding hydrogens is 401 g/mol. The quantitative estimate of drug-likeness (QED) is 0.645. The van der Waals surface area contributed by atoms with Crippen molar-refractivity contribution in [3.05, 3.63) is 54.2 Å². The molecule has 1 aliphatic rings. The molecule has 0 saturated carbocycles. The normalized spacial score (nSPS) is 14.5. The van der Waals surface area contributed by atoms with Gasteiger partial charge in [0.05, 0.1) is 31.7 Å². The molecule has 3 heterocycles. The molecule has 0 spiro atoms. The molecule has 1 amide bonds. The highest BCUT2D eigenvalue weighted by atomic mass is 19.1. The van der Waals surface area contributed by atoms with Crippen LogP contribution in [0.3, 0.4) is 0 Å². The number of rotatable bonds is 6. The first-order chi connectivity index (χ1) is 15.0. The summed E-state index contributed by atoms with van der Waals surface area (Å²) in [4.78, 5) is 25.4. The van der Waals surface area contributed by atoms with Gasteiger partial charge in [-0.1, -0.05) is 12.1 Å². The van der Waals surface area contributed by atoms with Gasteiger partial charge in [0.2, 0.25) is 11.8 Å². The monoisotopic (exact) mass is 425 g/mol. The van der Waals surface area contributed by atoms with E-state index in [1.54, 1.807) is 50.7 Å². The van der Waals surface area contributed by atoms with Crippen LogP contribution in [0.4, 0.5) is 16.0 Å². The number of para-hydroxylation sites is 1. The molecular formula is C21H24FN7O2. The van der Waals surface area contributed by atoms with E-state index < -0.39 is 5.82 Å². The van der Waals surface area contributed by atoms with Crippen molar-refractivity contribution in [3.8, 4) is 11.6 Å². The third-order valence-electron chi connectivity index (χ3n) is 5.05. The van der Waals surface area contributed by atoms with Gasteiger partial charge < -0.3 is 15.0 Å². The van der Waals surface area contributed by atoms with Crippen LogP contribution in [0, 0.1) is 12.7 Å². The van der Waals surface area contributed by atoms with Crippen molar-refractivity contribution in [1.82, 2.24) is 24.6 Å². The van der Waals surface area contributed by atoms with Gasteiger partial charge in [0.25, 0.3) is 0 Å². The molecule has 3 aromatic rings. The van der Waals surface area contributed by atoms with E-state index in [1.165, 1.54) is 10.7 Å². The predicted molar refractivity (Wildman–Crippen MR) is 114 cm³/mol. The van der Waals surface area contributed by atoms with Crippen LogP contribution in [0.15, 0.2) is 42.7 Å². The van der Waals surface area contributed by atoms with E-state index in [4.69, 9.17) is 4.74 Å². The smallest absolute Gasteiger partial charge is 0.239 e. The van der Waals surface area contributed by atoms with Crippen molar-refractivity contribution < 1.29 is 13.9 Å². The summed E-state index contributed by atoms with van der Waals surface area (Å²) in [6.45, 7) is 4.89. The third-order valence-corrected chi connectivity index (χ3v) is 5.05. The number of carbonyl (C=O) groups is 1. The zero-order valence-electron chi connectivity index (χ0n) is 17.5. The average Bonchev–Trinajstić information content (AvgIpc) is 3.14. The maximum absolute atomic E-state index is 14.2. The summed E-state index contributed by atoms with van der Waals surface area (Å²) in [5, 5.41) is 7.18. The van der Waals surface area contributed by atoms with E-state index in [0.717, 1.165) is 18.9 Å². The van der Waals surface area contributed by atoms with Crippen LogP contribution < -0.4 is 15.0 Å². The van der Waals surface area contributed by atoms with Gasteiger partial charge >= 0.3 is 0 Å². The average molecular weight is 425 g/mol. The number of aryl methyl sites for hydroxylation is 1. The van der Waals surface area contributed by atoms with E-state index in [1.807, 2.05) is 0 Å². The topological polar surface area (TPSA) is 88.4 Å². The van der Waals surface area contributed by atoms with Crippen molar-refractivity contribution in [2.24, 2.45) is 0 Å². The fourth-order valence-corrected chi connectivity index (χ4v) is 3.51. The number of benzene rings is 1. The molecule has 0 bridgehead atoms. The first-order valence-electron chi connectivity index (χ1n) is 9.98. The van der Waals surface area contributed by atoms with E-state index in [-0.39, 0.29) is 12.5 Å². The molecule has 9 nitrogen and oxygen atoms in total. The molecule has 1 aromatic carbocycles. The number of hydrogen-bond donors (Lipinski definition) is 1. The molecule has 162 valence electrons. The SMILES string of the molecule is COc1cncc(N2CCN(CC(=O)Nc3cc(C)nn3-c3ccccc3F)CC2)n1. The Hall–Kier alpha value is -3.53. The number of piperazine rings is 1. The number of ether oxygens (including phenoxy) is 1. The van der Waals surface area contributed by atoms with Crippen LogP contribution in [0.5, 0.6) is 5.88 Å². The Kier molecular flexibility index (Phi) is 6.08. The van der Waals surface area contributed by atoms with Crippen LogP contribution in [0.2, 0.25) is 0 Å². The fourth-order valence-electron chi connectivity index (χ4n) is 3.51. The van der Waals surface area contributed by atoms with Crippen LogP contribution >= 0.6 is 0 Å². The Morgan fingerprint density at radius 3 is 2.71 bits per heavy atom. The molecule has 0 unspecified atom stereocenters. The van der Waals surface area contributed by atoms with Crippen LogP contribution in [-0.2, 0) is 4.79 Å². The van der Waals surface area contributed by atoms with Gasteiger partial charge in [0.1, 0.15) is 17.3 Å². The van der Waals surface area contributed by atoms with Crippen molar-refractivity contribution in [1.29, 1.82) is 0 Å². The largest absolute Gasteiger partial charge is 0.480 e. The summed E-state index contributed by atoms with van der Waals surface area (Å²) < 4.78 is 20.7. The Bertz CT molecular complexity index is 1060. The second kappa shape index (κ2) is 9.09. The molecule has 0 atom stereocenters. The number of amides is 1. The second-order valence-electron chi connectivity index (χ2n) is 7.27. The van der Waals surface area contributed by atoms with Crippen molar-refractivity contribution in [2.75, 3.05) is 50.1 Å². The van der Waals surface area contributed by atoms with Crippen molar-refractivity contribution >= 4 is 17.5 Å². The van der Waals surface area contributed by atoms with E-state index >= 15 is 0 Å². The minimum Gasteiger partial charge on any atom is -0.480 e. The number of carbonyl (C=O) groups excluding carboxylic acids is 1. The predicted octanol–water partition coefficient (Wildman–Crippen LogP) is 1.88. The molecule has 4 rings (SSSR count). The number of hydrogen-bond acceptors (Lipinski definition) is 7. The summed E-state index contributed by atoms with van der Waals surface area (Å²) >= 11 is 0. The highest BCUT2D eigenvalue weighted by molar-refractivity contribution is 5.91. The van der Waals surface area contributed by atoms with Crippen LogP contribution in [0.25, 0.3) is 5.69 Å². The Morgan fingerprint density at radius 1 is 1.19 bits per heavy atom. The van der Waals surface area contributed by atoms with Crippen molar-refractivity contribution in [3.63, 3.8) is 0 Å². The lowest BCUT2D eigenvalue weighted by Gasteiger charge is -2.34. The van der Waals surface area contributed by atoms with Gasteiger partial charge in [-0.05, 0) is 19.1 Å². The molecule has 1 N–H and O–H groups in total. The number of anilines is 2. The van der Waals surface area contributed by atoms with E-state index in [0.29, 0.717) is 36.2 Å². The minimum absolute atomic E-state index is 0.174. The molecule has 1 aliphatic heterocycles. The van der Waals surface area contributed by atoms with Gasteiger partial charge in [0, 0.05) is 32.2 Å². The highest BCUT2D eigenvalue weighted by Gasteiger charge is 2.21. The second-order valence-corrected chi connectivity index (χ2v) is 7.27. The van der Waals surface area contributed by atoms with Gasteiger partial charge in [0.15, 0.2) is 5.82 Å². The first-order valence-corrected chi connectivity index (χ1v) is 9.98. The molecule has 1 fully saturated rings. The molecule has 0 aliphatic carbocycles. The van der Waals surface area contributed by atoms with Gasteiger partial charge in [-0.3, -0.25) is 14.7 Å². The summed E-state index contributed by atoms with van der Waals surface area (Å²) in [5.74, 6) is 1.09. The molecule has 0 radical (unpaired) electrons. The van der Waals surface area contributed by atoms with E-state index in [9.17, 15) is 9.18 Å². The minimum atomic E-state index is -0.405. The van der Waals surface area contributed by atoms with Gasteiger partial charge in [-0.2, -0.15) is 10.1 Å². The highest BCUT2D eigenvalue weighted by Crippen LogP contribution is 2.20. The Labute approximate surface area is 179 Å². The first kappa shape index (κ1) is 20.7. The summed E-state index contributed by atoms with van der Waals surface area (Å²) in [6, 6.07) is 8.06. The van der Waals surface area contributed by atoms with Gasteiger partial charge in [-0.15, -0.1) is 0 Å². The fraction of sp³-hybridized carbons (Fsp3) is 0.333. The number of aromatic nitrogens is 4. The van der Waals surface area contributed by atoms with E-state index in [2.05, 4.69) is 30.2 Å². The number of methoxy groups -OCH3 is 1. The lowest BCUT2D eigenvalue weighted by atomic mass is 10.3. The summed E-state index contributed by atoms with van der Waals surface area (Å²) in [7, 11) is 1.56. The molecule has 31 heavy (non-hydrogen) atoms. The maximum Gasteiger partial charge on any atom is 0.239 e. The molecule has 2 aromatic heterocycles. The standard InChI is InChI=1S/C21H24FN7O2/c1-15-11-18(29(26-15)17-6-4-3-5-16(17)22)24-20(30)14-27-7-9-28(10-8-27)19-12-23-13-21(25-19)31-2/h3-6,11-13H,7-10,14H2,1-2H3,(H,24,30). The maximum atomic E-state index is 14.2. The Morgan fingerprint density at radius 2 is 1.97 bits per heavy atom. The van der Waals surface area contributed by atoms with Crippen LogP contribution in [0.1, 0.15) is 5.69 Å². The van der Waals surface area contributed by atoms with Crippen molar-refractivity contribution in [2.45, 2.75) is 6.92 Å². The summed E-state index contributed by atoms with van der Waals surface area (Å²) in [6.07, 6.45) is 3.27. The van der Waals surface area contributed by atoms with Crippen LogP contribution in [-0.4, -0.2) is 70.4 Å². The lowest BCUT2D eigenvalue weighted by molar-refractivity contribution is -0.117. The van der Waals surface area contributed by atoms with Gasteiger partial charge in [-0.25, -0.2) is 9.07 Å². The summed E-state index contributed by atoms with van der Waals surface area (Å²) in [5.41, 5.74) is 0.977.